The number of H-pyrrole nitrogens is 2. The van der Waals surface area contributed by atoms with Crippen molar-refractivity contribution in [2.75, 3.05) is 27.3 Å². The number of carbonyl (C=O) groups is 4. The average molecular weight is 789 g/mol. The minimum absolute atomic E-state index is 0.102. The number of nitrogens with zero attached hydrogens (tertiary/aromatic N) is 4. The van der Waals surface area contributed by atoms with E-state index in [1.807, 2.05) is 62.9 Å². The highest BCUT2D eigenvalue weighted by Crippen LogP contribution is 2.38. The van der Waals surface area contributed by atoms with E-state index in [0.717, 1.165) is 89.5 Å². The number of amides is 4. The van der Waals surface area contributed by atoms with Gasteiger partial charge in [0.25, 0.3) is 0 Å². The number of aryl methyl sites for hydroxylation is 2. The number of hydrogen-bond donors (Lipinski definition) is 4. The summed E-state index contributed by atoms with van der Waals surface area (Å²) in [7, 11) is 2.59. The third kappa shape index (κ3) is 8.30. The van der Waals surface area contributed by atoms with E-state index in [9.17, 15) is 19.2 Å². The van der Waals surface area contributed by atoms with Crippen LogP contribution in [-0.2, 0) is 31.9 Å². The number of imidazole rings is 2. The maximum Gasteiger partial charge on any atom is 0.407 e. The van der Waals surface area contributed by atoms with E-state index in [-0.39, 0.29) is 35.7 Å². The number of aromatic nitrogens is 4. The van der Waals surface area contributed by atoms with Gasteiger partial charge in [0.2, 0.25) is 11.8 Å². The lowest BCUT2D eigenvalue weighted by Crippen LogP contribution is -2.51. The minimum Gasteiger partial charge on any atom is -0.453 e. The van der Waals surface area contributed by atoms with Crippen molar-refractivity contribution in [3.05, 3.63) is 82.7 Å². The van der Waals surface area contributed by atoms with E-state index in [2.05, 4.69) is 49.6 Å². The number of nitrogens with one attached hydrogen (secondary N) is 4. The fourth-order valence-corrected chi connectivity index (χ4v) is 8.28. The van der Waals surface area contributed by atoms with Gasteiger partial charge >= 0.3 is 12.2 Å². The molecule has 2 aromatic carbocycles. The van der Waals surface area contributed by atoms with Crippen LogP contribution in [0.5, 0.6) is 0 Å². The highest BCUT2D eigenvalue weighted by atomic mass is 16.5. The molecule has 2 aromatic heterocycles. The number of carbonyl (C=O) groups excluding carboxylic acids is 4. The summed E-state index contributed by atoms with van der Waals surface area (Å²) in [6, 6.07) is 12.5. The van der Waals surface area contributed by atoms with Crippen molar-refractivity contribution < 1.29 is 28.7 Å². The molecule has 14 nitrogen and oxygen atoms in total. The Labute approximate surface area is 338 Å². The van der Waals surface area contributed by atoms with Crippen LogP contribution in [0.2, 0.25) is 0 Å². The van der Waals surface area contributed by atoms with Gasteiger partial charge in [0.1, 0.15) is 23.7 Å². The third-order valence-electron chi connectivity index (χ3n) is 11.4. The fraction of sp³-hybridized carbons (Fsp3) is 0.455. The van der Waals surface area contributed by atoms with Crippen molar-refractivity contribution in [1.82, 2.24) is 40.4 Å². The van der Waals surface area contributed by atoms with Gasteiger partial charge in [-0.15, -0.1) is 0 Å². The molecule has 0 saturated carbocycles. The lowest BCUT2D eigenvalue weighted by Gasteiger charge is -2.30. The summed E-state index contributed by atoms with van der Waals surface area (Å²) in [5.41, 5.74) is 7.85. The van der Waals surface area contributed by atoms with Gasteiger partial charge in [0.15, 0.2) is 0 Å². The average Bonchev–Trinajstić information content (AvgIpc) is 4.06. The zero-order valence-electron chi connectivity index (χ0n) is 34.0. The minimum atomic E-state index is -0.689. The third-order valence-corrected chi connectivity index (χ3v) is 11.4. The van der Waals surface area contributed by atoms with Crippen molar-refractivity contribution in [3.8, 4) is 34.4 Å². The normalized spacial score (nSPS) is 18.2. The Balaban J connectivity index is 1.01. The standard InChI is InChI=1S/C44H52N8O6/c1-25(2)36(49-43(55)57-5)41(53)51-21-7-9-34(51)39-45-24-33(47-39)29-16-13-27(14-17-29)11-12-28-15-19-31-30(23-28)18-20-32-38(31)48-40(46-32)35-10-8-22-52(35)42(54)37(26(3)4)50-44(56)58-6/h13-17,19,23-26,34-37H,7-10,18,20-22H2,1-6H3,(H,45,47)(H,46,48)(H,49,55)(H,50,56)/t34-,35+,36-,37-/m0/s1. The first-order valence-electron chi connectivity index (χ1n) is 20.1. The van der Waals surface area contributed by atoms with Crippen LogP contribution >= 0.6 is 0 Å². The molecule has 4 N–H and O–H groups in total. The summed E-state index contributed by atoms with van der Waals surface area (Å²) in [6.07, 6.45) is 5.49. The number of fused-ring (bicyclic) bond motifs is 3. The molecule has 304 valence electrons. The number of methoxy groups -OCH3 is 2. The number of rotatable bonds is 9. The molecule has 2 aliphatic heterocycles. The largest absolute Gasteiger partial charge is 0.453 e. The van der Waals surface area contributed by atoms with Crippen molar-refractivity contribution in [3.63, 3.8) is 0 Å². The molecule has 2 fully saturated rings. The van der Waals surface area contributed by atoms with E-state index in [1.54, 1.807) is 11.1 Å². The second kappa shape index (κ2) is 17.2. The van der Waals surface area contributed by atoms with Crippen LogP contribution in [0.3, 0.4) is 0 Å². The van der Waals surface area contributed by atoms with E-state index in [1.165, 1.54) is 19.8 Å². The summed E-state index contributed by atoms with van der Waals surface area (Å²) < 4.78 is 9.54. The SMILES string of the molecule is COC(=O)N[C@H](C(=O)N1CCC[C@@H]1c1nc2c([nH]1)CCc1cc(C#Cc3ccc(-c4cnc([C@@H]5CCCN5C(=O)[C@@H](NC(=O)OC)C(C)C)[nH]4)cc3)ccc1-2)C(C)C. The summed E-state index contributed by atoms with van der Waals surface area (Å²) >= 11 is 0. The molecule has 4 aromatic rings. The quantitative estimate of drug-likeness (QED) is 0.148. The van der Waals surface area contributed by atoms with Gasteiger partial charge < -0.3 is 39.9 Å². The van der Waals surface area contributed by atoms with E-state index in [0.29, 0.717) is 13.1 Å². The van der Waals surface area contributed by atoms with Gasteiger partial charge in [-0.2, -0.15) is 0 Å². The van der Waals surface area contributed by atoms with Crippen molar-refractivity contribution in [2.45, 2.75) is 90.4 Å². The molecular formula is C44H52N8O6. The number of alkyl carbamates (subject to hydrolysis) is 2. The molecule has 4 heterocycles. The topological polar surface area (TPSA) is 175 Å². The summed E-state index contributed by atoms with van der Waals surface area (Å²) in [6.45, 7) is 8.82. The Morgan fingerprint density at radius 3 is 1.91 bits per heavy atom. The molecule has 14 heteroatoms. The number of likely N-dealkylation sites (tertiary alicyclic amines) is 2. The molecule has 3 aliphatic rings. The van der Waals surface area contributed by atoms with Gasteiger partial charge in [-0.05, 0) is 85.8 Å². The summed E-state index contributed by atoms with van der Waals surface area (Å²) in [5, 5.41) is 5.41. The van der Waals surface area contributed by atoms with E-state index in [4.69, 9.17) is 14.5 Å². The molecule has 0 spiro atoms. The van der Waals surface area contributed by atoms with Crippen LogP contribution < -0.4 is 10.6 Å². The van der Waals surface area contributed by atoms with Crippen LogP contribution in [0.15, 0.2) is 48.7 Å². The second-order valence-electron chi connectivity index (χ2n) is 15.9. The predicted molar refractivity (Wildman–Crippen MR) is 217 cm³/mol. The number of benzene rings is 2. The van der Waals surface area contributed by atoms with Crippen molar-refractivity contribution >= 4 is 24.0 Å². The van der Waals surface area contributed by atoms with E-state index >= 15 is 0 Å². The Bertz CT molecular complexity index is 2230. The molecule has 0 bridgehead atoms. The van der Waals surface area contributed by atoms with Crippen LogP contribution in [-0.4, -0.2) is 93.1 Å². The molecule has 2 saturated heterocycles. The Morgan fingerprint density at radius 1 is 0.759 bits per heavy atom. The monoisotopic (exact) mass is 788 g/mol. The summed E-state index contributed by atoms with van der Waals surface area (Å²) in [5.74, 6) is 7.67. The Morgan fingerprint density at radius 2 is 1.33 bits per heavy atom. The first-order chi connectivity index (χ1) is 27.9. The van der Waals surface area contributed by atoms with E-state index < -0.39 is 24.3 Å². The molecule has 4 amide bonds. The number of ether oxygens (including phenoxy) is 2. The molecule has 7 rings (SSSR count). The zero-order valence-corrected chi connectivity index (χ0v) is 34.0. The molecule has 1 aliphatic carbocycles. The Kier molecular flexibility index (Phi) is 11.9. The van der Waals surface area contributed by atoms with Gasteiger partial charge in [0.05, 0.1) is 43.9 Å². The van der Waals surface area contributed by atoms with Gasteiger partial charge in [-0.3, -0.25) is 9.59 Å². The highest BCUT2D eigenvalue weighted by molar-refractivity contribution is 5.87. The first kappa shape index (κ1) is 40.1. The first-order valence-corrected chi connectivity index (χ1v) is 20.1. The van der Waals surface area contributed by atoms with Crippen LogP contribution in [0.4, 0.5) is 9.59 Å². The van der Waals surface area contributed by atoms with Crippen LogP contribution in [0.1, 0.15) is 99.5 Å². The van der Waals surface area contributed by atoms with Crippen molar-refractivity contribution in [2.24, 2.45) is 11.8 Å². The zero-order chi connectivity index (χ0) is 41.1. The molecular weight excluding hydrogens is 737 g/mol. The Hall–Kier alpha value is -6.10. The number of hydrogen-bond acceptors (Lipinski definition) is 8. The van der Waals surface area contributed by atoms with Gasteiger partial charge in [-0.1, -0.05) is 57.7 Å². The lowest BCUT2D eigenvalue weighted by molar-refractivity contribution is -0.136. The predicted octanol–water partition coefficient (Wildman–Crippen LogP) is 6.05. The van der Waals surface area contributed by atoms with Crippen LogP contribution in [0, 0.1) is 23.7 Å². The van der Waals surface area contributed by atoms with Gasteiger partial charge in [0, 0.05) is 35.5 Å². The lowest BCUT2D eigenvalue weighted by atomic mass is 9.91. The second-order valence-corrected chi connectivity index (χ2v) is 15.9. The molecule has 0 radical (unpaired) electrons. The molecule has 0 unspecified atom stereocenters. The van der Waals surface area contributed by atoms with Crippen molar-refractivity contribution in [1.29, 1.82) is 0 Å². The highest BCUT2D eigenvalue weighted by Gasteiger charge is 2.39. The maximum absolute atomic E-state index is 13.7. The number of aromatic amines is 2. The fourth-order valence-electron chi connectivity index (χ4n) is 8.28. The molecule has 58 heavy (non-hydrogen) atoms. The maximum atomic E-state index is 13.7. The summed E-state index contributed by atoms with van der Waals surface area (Å²) in [4.78, 5) is 71.5. The van der Waals surface area contributed by atoms with Gasteiger partial charge in [-0.25, -0.2) is 19.6 Å². The smallest absolute Gasteiger partial charge is 0.407 e. The van der Waals surface area contributed by atoms with Crippen LogP contribution in [0.25, 0.3) is 22.5 Å². The molecule has 4 atom stereocenters.